The van der Waals surface area contributed by atoms with E-state index >= 15 is 0 Å². The van der Waals surface area contributed by atoms with Crippen LogP contribution in [-0.4, -0.2) is 124 Å². The molecule has 0 aliphatic heterocycles. The van der Waals surface area contributed by atoms with Crippen LogP contribution in [0.2, 0.25) is 0 Å². The van der Waals surface area contributed by atoms with E-state index in [1.165, 1.54) is 65.8 Å². The number of carboxylic acids is 6. The van der Waals surface area contributed by atoms with Crippen LogP contribution in [-0.2, 0) is 28.8 Å². The first-order chi connectivity index (χ1) is 23.9. The van der Waals surface area contributed by atoms with Crippen molar-refractivity contribution < 1.29 is 90.0 Å². The minimum atomic E-state index is -1.11. The summed E-state index contributed by atoms with van der Waals surface area (Å²) in [7, 11) is 0. The molecule has 18 heteroatoms. The molecule has 0 amide bonds. The van der Waals surface area contributed by atoms with E-state index in [-0.39, 0.29) is 44.9 Å². The molecule has 302 valence electrons. The van der Waals surface area contributed by atoms with E-state index < -0.39 is 67.7 Å². The second-order valence-electron chi connectivity index (χ2n) is 10.2. The summed E-state index contributed by atoms with van der Waals surface area (Å²) in [6.07, 6.45) is 0. The molecule has 53 heavy (non-hydrogen) atoms. The molecule has 0 aliphatic carbocycles. The third kappa shape index (κ3) is 55.6. The zero-order valence-electron chi connectivity index (χ0n) is 30.7. The molecule has 0 unspecified atom stereocenters. The number of aromatic hydroxyl groups is 2. The van der Waals surface area contributed by atoms with Crippen molar-refractivity contribution in [2.24, 2.45) is 5.41 Å². The Hall–Kier alpha value is -6.08. The van der Waals surface area contributed by atoms with Gasteiger partial charge in [0.1, 0.15) is 11.5 Å². The van der Waals surface area contributed by atoms with Gasteiger partial charge in [0.25, 0.3) is 0 Å². The number of aliphatic carboxylic acids is 6. The molecular weight excluding hydrogens is 708 g/mol. The summed E-state index contributed by atoms with van der Waals surface area (Å²) in [6.45, 7) is 26.0. The van der Waals surface area contributed by atoms with Gasteiger partial charge in [-0.25, -0.2) is 28.8 Å². The van der Waals surface area contributed by atoms with Crippen molar-refractivity contribution in [3.05, 3.63) is 97.2 Å². The number of benzene rings is 1. The van der Waals surface area contributed by atoms with E-state index in [0.29, 0.717) is 0 Å². The van der Waals surface area contributed by atoms with E-state index in [9.17, 15) is 28.8 Å². The van der Waals surface area contributed by atoms with Crippen LogP contribution in [0.15, 0.2) is 97.2 Å². The van der Waals surface area contributed by atoms with Crippen molar-refractivity contribution in [1.82, 2.24) is 0 Å². The van der Waals surface area contributed by atoms with Crippen molar-refractivity contribution in [2.75, 3.05) is 26.4 Å². The minimum Gasteiger partial charge on any atom is -0.508 e. The Labute approximate surface area is 307 Å². The van der Waals surface area contributed by atoms with Gasteiger partial charge in [-0.2, -0.15) is 0 Å². The van der Waals surface area contributed by atoms with E-state index in [2.05, 4.69) is 39.5 Å². The second kappa shape index (κ2) is 37.2. The first kappa shape index (κ1) is 62.1. The fourth-order valence-corrected chi connectivity index (χ4v) is 0.753. The van der Waals surface area contributed by atoms with Crippen molar-refractivity contribution in [2.45, 2.75) is 41.5 Å². The highest BCUT2D eigenvalue weighted by molar-refractivity contribution is 5.86. The second-order valence-corrected chi connectivity index (χ2v) is 10.2. The zero-order chi connectivity index (χ0) is 44.2. The molecule has 0 aliphatic rings. The lowest BCUT2D eigenvalue weighted by atomic mass is 9.93. The lowest BCUT2D eigenvalue weighted by Gasteiger charge is -2.23. The van der Waals surface area contributed by atoms with Crippen LogP contribution >= 0.6 is 0 Å². The molecule has 18 nitrogen and oxygen atoms in total. The molecule has 0 saturated heterocycles. The molecule has 1 aromatic rings. The fraction of sp³-hybridized carbons (Fsp3) is 0.314. The summed E-state index contributed by atoms with van der Waals surface area (Å²) in [4.78, 5) is 57.6. The summed E-state index contributed by atoms with van der Waals surface area (Å²) in [5.74, 6) is -5.27. The SMILES string of the molecule is C=C(C)C(=O)O.C=C(C)C(=O)O.C=C(C)C(=O)O.C=C(C)C(=O)O.C=C(C)C(=O)O.C=C(C)C(=O)O.OCC(CO)(CO)CO.Oc1ccc(O)cc1. The third-order valence-electron chi connectivity index (χ3n) is 4.38. The maximum atomic E-state index is 9.60. The molecule has 0 bridgehead atoms. The monoisotopic (exact) mass is 762 g/mol. The van der Waals surface area contributed by atoms with E-state index in [1.54, 1.807) is 0 Å². The van der Waals surface area contributed by atoms with Gasteiger partial charge in [0.15, 0.2) is 0 Å². The first-order valence-electron chi connectivity index (χ1n) is 14.1. The summed E-state index contributed by atoms with van der Waals surface area (Å²) in [6, 6.07) is 5.70. The Morgan fingerprint density at radius 3 is 0.528 bits per heavy atom. The Kier molecular flexibility index (Phi) is 43.6. The van der Waals surface area contributed by atoms with E-state index in [0.717, 1.165) is 0 Å². The Morgan fingerprint density at radius 2 is 0.491 bits per heavy atom. The maximum absolute atomic E-state index is 9.60. The first-order valence-corrected chi connectivity index (χ1v) is 14.1. The number of phenols is 2. The Balaban J connectivity index is -0.0000000918. The smallest absolute Gasteiger partial charge is 0.330 e. The summed E-state index contributed by atoms with van der Waals surface area (Å²) in [5, 5.41) is 98.6. The molecule has 0 heterocycles. The molecule has 1 rings (SSSR count). The summed E-state index contributed by atoms with van der Waals surface area (Å²) < 4.78 is 0. The topological polar surface area (TPSA) is 345 Å². The number of carboxylic acid groups (broad SMARTS) is 6. The van der Waals surface area contributed by atoms with Crippen molar-refractivity contribution in [3.8, 4) is 11.5 Å². The van der Waals surface area contributed by atoms with Crippen molar-refractivity contribution >= 4 is 35.8 Å². The predicted octanol–water partition coefficient (Wildman–Crippen LogP) is 2.92. The Morgan fingerprint density at radius 1 is 0.396 bits per heavy atom. The highest BCUT2D eigenvalue weighted by Gasteiger charge is 2.26. The normalized spacial score (nSPS) is 8.49. The number of hydrogen-bond donors (Lipinski definition) is 12. The Bertz CT molecular complexity index is 1050. The van der Waals surface area contributed by atoms with Crippen LogP contribution in [0.3, 0.4) is 0 Å². The van der Waals surface area contributed by atoms with Gasteiger partial charge in [-0.1, -0.05) is 39.5 Å². The number of hydrogen-bond acceptors (Lipinski definition) is 12. The average molecular weight is 763 g/mol. The predicted molar refractivity (Wildman–Crippen MR) is 195 cm³/mol. The van der Waals surface area contributed by atoms with Gasteiger partial charge in [0, 0.05) is 33.4 Å². The van der Waals surface area contributed by atoms with E-state index in [4.69, 9.17) is 61.3 Å². The summed E-state index contributed by atoms with van der Waals surface area (Å²) in [5.41, 5.74) is -0.0556. The highest BCUT2D eigenvalue weighted by atomic mass is 16.4. The van der Waals surface area contributed by atoms with Gasteiger partial charge < -0.3 is 61.3 Å². The standard InChI is InChI=1S/C6H6O2.C5H12O4.6C4H6O2/c7-5-1-2-6(8)4-3-5;6-1-5(2-7,3-8)4-9;6*1-3(2)4(5)6/h1-4,7-8H;6-9H,1-4H2;6*1H2,2H3,(H,5,6). The molecule has 0 fully saturated rings. The van der Waals surface area contributed by atoms with Crippen LogP contribution < -0.4 is 0 Å². The minimum absolute atomic E-state index is 0.169. The third-order valence-corrected chi connectivity index (χ3v) is 4.38. The summed E-state index contributed by atoms with van der Waals surface area (Å²) >= 11 is 0. The van der Waals surface area contributed by atoms with Gasteiger partial charge in [0.2, 0.25) is 0 Å². The number of carbonyl (C=O) groups is 6. The lowest BCUT2D eigenvalue weighted by molar-refractivity contribution is -0.133. The fourth-order valence-electron chi connectivity index (χ4n) is 0.753. The van der Waals surface area contributed by atoms with E-state index in [1.807, 2.05) is 0 Å². The largest absolute Gasteiger partial charge is 0.508 e. The van der Waals surface area contributed by atoms with Crippen LogP contribution in [0, 0.1) is 5.41 Å². The van der Waals surface area contributed by atoms with Crippen LogP contribution in [0.4, 0.5) is 0 Å². The van der Waals surface area contributed by atoms with Gasteiger partial charge >= 0.3 is 35.8 Å². The molecular formula is C35H54O18. The lowest BCUT2D eigenvalue weighted by Crippen LogP contribution is -2.37. The molecule has 0 spiro atoms. The number of aliphatic hydroxyl groups is 4. The molecule has 0 atom stereocenters. The zero-order valence-corrected chi connectivity index (χ0v) is 30.7. The number of rotatable bonds is 10. The highest BCUT2D eigenvalue weighted by Crippen LogP contribution is 2.13. The van der Waals surface area contributed by atoms with Crippen LogP contribution in [0.5, 0.6) is 11.5 Å². The molecule has 0 aromatic heterocycles. The van der Waals surface area contributed by atoms with Crippen molar-refractivity contribution in [1.29, 1.82) is 0 Å². The van der Waals surface area contributed by atoms with Gasteiger partial charge in [-0.05, 0) is 65.8 Å². The van der Waals surface area contributed by atoms with Crippen molar-refractivity contribution in [3.63, 3.8) is 0 Å². The number of aliphatic hydroxyl groups excluding tert-OH is 4. The van der Waals surface area contributed by atoms with Crippen LogP contribution in [0.25, 0.3) is 0 Å². The molecule has 0 saturated carbocycles. The molecule has 0 radical (unpaired) electrons. The maximum Gasteiger partial charge on any atom is 0.330 e. The number of phenolic OH excluding ortho intramolecular Hbond substituents is 2. The average Bonchev–Trinajstić information content (AvgIpc) is 3.05. The van der Waals surface area contributed by atoms with Crippen LogP contribution in [0.1, 0.15) is 41.5 Å². The van der Waals surface area contributed by atoms with Gasteiger partial charge in [-0.3, -0.25) is 0 Å². The van der Waals surface area contributed by atoms with Gasteiger partial charge in [-0.15, -0.1) is 0 Å². The molecule has 1 aromatic carbocycles. The van der Waals surface area contributed by atoms with Gasteiger partial charge in [0.05, 0.1) is 31.8 Å². The quantitative estimate of drug-likeness (QED) is 0.120. The molecule has 12 N–H and O–H groups in total.